The van der Waals surface area contributed by atoms with Crippen molar-refractivity contribution in [3.05, 3.63) is 139 Å². The predicted molar refractivity (Wildman–Crippen MR) is 187 cm³/mol. The zero-order valence-electron chi connectivity index (χ0n) is 26.6. The van der Waals surface area contributed by atoms with E-state index in [4.69, 9.17) is 4.42 Å². The molecule has 0 aliphatic carbocycles. The van der Waals surface area contributed by atoms with Gasteiger partial charge in [-0.2, -0.15) is 0 Å². The Hall–Kier alpha value is -3.90. The van der Waals surface area contributed by atoms with Crippen LogP contribution in [0.3, 0.4) is 0 Å². The molecule has 0 fully saturated rings. The molecule has 6 heteroatoms. The quantitative estimate of drug-likeness (QED) is 0.128. The van der Waals surface area contributed by atoms with Gasteiger partial charge < -0.3 is 9.40 Å². The van der Waals surface area contributed by atoms with Crippen LogP contribution in [0.2, 0.25) is 17.3 Å². The summed E-state index contributed by atoms with van der Waals surface area (Å²) in [4.78, 5) is 9.10. The van der Waals surface area contributed by atoms with Gasteiger partial charge in [-0.15, -0.1) is 18.2 Å². The Morgan fingerprint density at radius 1 is 0.739 bits per heavy atom. The second-order valence-corrected chi connectivity index (χ2v) is 23.1. The Balaban J connectivity index is 0.000000209. The molecule has 3 nitrogen and oxygen atoms in total. The fourth-order valence-corrected chi connectivity index (χ4v) is 7.47. The van der Waals surface area contributed by atoms with Crippen LogP contribution in [0.25, 0.3) is 55.6 Å². The third-order valence-electron chi connectivity index (χ3n) is 7.94. The van der Waals surface area contributed by atoms with Crippen molar-refractivity contribution in [1.29, 1.82) is 0 Å². The van der Waals surface area contributed by atoms with E-state index in [1.165, 1.54) is 22.1 Å². The van der Waals surface area contributed by atoms with E-state index in [0.29, 0.717) is 5.92 Å². The number of fused-ring (bicyclic) bond motifs is 3. The summed E-state index contributed by atoms with van der Waals surface area (Å²) in [6, 6.07) is 39.4. The monoisotopic (exact) mass is 845 g/mol. The first-order valence-electron chi connectivity index (χ1n) is 15.2. The molecule has 7 aromatic rings. The van der Waals surface area contributed by atoms with Crippen molar-refractivity contribution in [1.82, 2.24) is 9.97 Å². The number of rotatable bonds is 5. The zero-order chi connectivity index (χ0) is 31.6. The molecule has 1 radical (unpaired) electrons. The van der Waals surface area contributed by atoms with Gasteiger partial charge >= 0.3 is 99.8 Å². The first kappa shape index (κ1) is 33.5. The average molecular weight is 844 g/mol. The van der Waals surface area contributed by atoms with Crippen LogP contribution in [-0.4, -0.2) is 23.2 Å². The topological polar surface area (TPSA) is 38.9 Å². The fraction of sp³-hybridized carbons (Fsp3) is 0.150. The molecule has 0 atom stereocenters. The molecular formula is C40H35FGeIrN2O-2. The molecule has 7 rings (SSSR count). The van der Waals surface area contributed by atoms with Crippen molar-refractivity contribution < 1.29 is 28.9 Å². The van der Waals surface area contributed by atoms with Gasteiger partial charge in [0.25, 0.3) is 0 Å². The average Bonchev–Trinajstić information content (AvgIpc) is 3.45. The van der Waals surface area contributed by atoms with Gasteiger partial charge in [0.15, 0.2) is 0 Å². The Morgan fingerprint density at radius 3 is 2.20 bits per heavy atom. The van der Waals surface area contributed by atoms with E-state index < -0.39 is 13.3 Å². The van der Waals surface area contributed by atoms with Crippen LogP contribution in [0, 0.1) is 17.9 Å². The molecule has 0 unspecified atom stereocenters. The van der Waals surface area contributed by atoms with Gasteiger partial charge in [-0.05, 0) is 35.4 Å². The molecular weight excluding hydrogens is 808 g/mol. The van der Waals surface area contributed by atoms with Gasteiger partial charge in [-0.1, -0.05) is 66.8 Å². The molecule has 0 saturated heterocycles. The molecule has 233 valence electrons. The number of aromatic nitrogens is 2. The van der Waals surface area contributed by atoms with E-state index >= 15 is 0 Å². The molecule has 0 N–H and O–H groups in total. The third kappa shape index (κ3) is 7.23. The number of halogens is 1. The number of hydrogen-bond acceptors (Lipinski definition) is 3. The Kier molecular flexibility index (Phi) is 10.4. The van der Waals surface area contributed by atoms with Crippen molar-refractivity contribution in [3.63, 3.8) is 0 Å². The SMILES string of the molecule is CC(C)c1ccnc(-c2[c-]ccc3c2oc2c(-c4ccc(F)cc4)cccc23)c1.[CH3][Ge]([CH3])([CH3])[c]1ccc(-c2[c-]cccc2)nc1.[Ir]. The third-order valence-corrected chi connectivity index (χ3v) is 12.2. The molecule has 0 aliphatic rings. The molecule has 3 heterocycles. The summed E-state index contributed by atoms with van der Waals surface area (Å²) in [5, 5.41) is 2.05. The molecule has 0 amide bonds. The number of pyridine rings is 2. The maximum atomic E-state index is 13.4. The minimum Gasteiger partial charge on any atom is 0 e. The van der Waals surface area contributed by atoms with Crippen LogP contribution in [0.4, 0.5) is 4.39 Å². The van der Waals surface area contributed by atoms with Gasteiger partial charge in [0.05, 0.1) is 5.58 Å². The summed E-state index contributed by atoms with van der Waals surface area (Å²) in [5.41, 5.74) is 8.42. The maximum absolute atomic E-state index is 13.4. The summed E-state index contributed by atoms with van der Waals surface area (Å²) in [6.07, 6.45) is 3.88. The Bertz CT molecular complexity index is 2070. The second kappa shape index (κ2) is 14.3. The number of hydrogen-bond donors (Lipinski definition) is 0. The van der Waals surface area contributed by atoms with Crippen molar-refractivity contribution in [3.8, 4) is 33.6 Å². The van der Waals surface area contributed by atoms with Gasteiger partial charge in [-0.3, -0.25) is 0 Å². The molecule has 0 saturated carbocycles. The number of benzene rings is 4. The number of nitrogens with zero attached hydrogens (tertiary/aromatic N) is 2. The van der Waals surface area contributed by atoms with Crippen LogP contribution >= 0.6 is 0 Å². The normalized spacial score (nSPS) is 11.3. The predicted octanol–water partition coefficient (Wildman–Crippen LogP) is 10.5. The van der Waals surface area contributed by atoms with Crippen LogP contribution in [-0.2, 0) is 20.1 Å². The van der Waals surface area contributed by atoms with Crippen LogP contribution in [0.15, 0.2) is 120 Å². The van der Waals surface area contributed by atoms with Crippen molar-refractivity contribution >= 4 is 39.6 Å². The van der Waals surface area contributed by atoms with Crippen molar-refractivity contribution in [2.45, 2.75) is 37.0 Å². The first-order chi connectivity index (χ1) is 21.7. The van der Waals surface area contributed by atoms with Crippen molar-refractivity contribution in [2.24, 2.45) is 0 Å². The number of furan rings is 1. The summed E-state index contributed by atoms with van der Waals surface area (Å²) < 4.78 is 21.2. The van der Waals surface area contributed by atoms with E-state index in [-0.39, 0.29) is 25.9 Å². The molecule has 0 aliphatic heterocycles. The van der Waals surface area contributed by atoms with Crippen molar-refractivity contribution in [2.75, 3.05) is 0 Å². The van der Waals surface area contributed by atoms with Gasteiger partial charge in [0, 0.05) is 37.3 Å². The molecule has 0 bridgehead atoms. The van der Waals surface area contributed by atoms with Crippen LogP contribution in [0.5, 0.6) is 0 Å². The second-order valence-electron chi connectivity index (χ2n) is 12.5. The smallest absolute Gasteiger partial charge is 0 e. The van der Waals surface area contributed by atoms with E-state index in [0.717, 1.165) is 55.6 Å². The van der Waals surface area contributed by atoms with Crippen LogP contribution < -0.4 is 4.40 Å². The summed E-state index contributed by atoms with van der Waals surface area (Å²) in [6.45, 7) is 4.33. The van der Waals surface area contributed by atoms with Gasteiger partial charge in [0.2, 0.25) is 0 Å². The van der Waals surface area contributed by atoms with E-state index in [1.807, 2.05) is 67.0 Å². The first-order valence-corrected chi connectivity index (χ1v) is 22.5. The number of para-hydroxylation sites is 1. The van der Waals surface area contributed by atoms with Crippen LogP contribution in [0.1, 0.15) is 25.3 Å². The largest absolute Gasteiger partial charge is 0 e. The summed E-state index contributed by atoms with van der Waals surface area (Å²) in [7, 11) is 0. The summed E-state index contributed by atoms with van der Waals surface area (Å²) in [5.74, 6) is 7.30. The fourth-order valence-electron chi connectivity index (χ4n) is 5.30. The molecule has 4 aromatic carbocycles. The minimum absolute atomic E-state index is 0. The van der Waals surface area contributed by atoms with Gasteiger partial charge in [0.1, 0.15) is 11.4 Å². The minimum atomic E-state index is -1.72. The van der Waals surface area contributed by atoms with E-state index in [9.17, 15) is 4.39 Å². The zero-order valence-corrected chi connectivity index (χ0v) is 31.1. The maximum Gasteiger partial charge on any atom is 0 e. The Labute approximate surface area is 286 Å². The standard InChI is InChI=1S/C26H19FNO.C14H16GeN.Ir/c1-16(2)18-13-14-28-24(15-18)23-8-4-7-22-21-6-3-5-20(25(21)29-26(22)23)17-9-11-19(27)12-10-17;1-15(2,3)13-9-10-14(16-11-13)12-7-5-4-6-8-12;/h3-7,9-16H,1-2H3;4-7,9-11H,1-3H3;/q2*-1;. The molecule has 3 aromatic heterocycles. The van der Waals surface area contributed by atoms with E-state index in [2.05, 4.69) is 77.5 Å². The van der Waals surface area contributed by atoms with Gasteiger partial charge in [-0.25, -0.2) is 4.39 Å². The Morgan fingerprint density at radius 2 is 1.52 bits per heavy atom. The molecule has 46 heavy (non-hydrogen) atoms. The van der Waals surface area contributed by atoms with E-state index in [1.54, 1.807) is 12.1 Å². The summed E-state index contributed by atoms with van der Waals surface area (Å²) >= 11 is -1.72. The molecule has 0 spiro atoms.